The van der Waals surface area contributed by atoms with Gasteiger partial charge in [-0.15, -0.1) is 0 Å². The van der Waals surface area contributed by atoms with Crippen molar-refractivity contribution in [2.45, 2.75) is 6.42 Å². The van der Waals surface area contributed by atoms with Gasteiger partial charge in [0.05, 0.1) is 18.4 Å². The van der Waals surface area contributed by atoms with E-state index < -0.39 is 5.97 Å². The van der Waals surface area contributed by atoms with Gasteiger partial charge < -0.3 is 14.7 Å². The number of amides is 1. The lowest BCUT2D eigenvalue weighted by Gasteiger charge is -2.18. The van der Waals surface area contributed by atoms with Crippen LogP contribution in [-0.2, 0) is 9.53 Å². The van der Waals surface area contributed by atoms with Gasteiger partial charge in [0.1, 0.15) is 5.75 Å². The predicted molar refractivity (Wildman–Crippen MR) is 73.9 cm³/mol. The number of nitrogens with zero attached hydrogens (tertiary/aromatic N) is 4. The van der Waals surface area contributed by atoms with Gasteiger partial charge in [-0.2, -0.15) is 0 Å². The molecular weight excluding hydrogens is 276 g/mol. The third-order valence-corrected chi connectivity index (χ3v) is 3.30. The van der Waals surface area contributed by atoms with Crippen molar-refractivity contribution in [2.24, 2.45) is 11.0 Å². The molecule has 1 aliphatic heterocycles. The molecule has 2 rings (SSSR count). The monoisotopic (exact) mass is 290 g/mol. The number of carbonyl (C=O) groups excluding carboxylic acids is 2. The van der Waals surface area contributed by atoms with Crippen molar-refractivity contribution in [3.05, 3.63) is 34.2 Å². The molecule has 1 amide bonds. The highest BCUT2D eigenvalue weighted by atomic mass is 16.5. The summed E-state index contributed by atoms with van der Waals surface area (Å²) in [7, 11) is 1.26. The fourth-order valence-electron chi connectivity index (χ4n) is 2.27. The Bertz CT molecular complexity index is 625. The zero-order chi connectivity index (χ0) is 15.4. The van der Waals surface area contributed by atoms with Gasteiger partial charge in [-0.25, -0.2) is 4.79 Å². The van der Waals surface area contributed by atoms with Gasteiger partial charge in [0.25, 0.3) is 0 Å². The van der Waals surface area contributed by atoms with Gasteiger partial charge in [-0.05, 0) is 29.6 Å². The zero-order valence-electron chi connectivity index (χ0n) is 11.4. The predicted octanol–water partition coefficient (Wildman–Crippen LogP) is 1.84. The highest BCUT2D eigenvalue weighted by molar-refractivity contribution is 5.99. The molecule has 0 aliphatic carbocycles. The number of rotatable bonds is 4. The number of hydrogen-bond donors (Lipinski definition) is 1. The van der Waals surface area contributed by atoms with Crippen LogP contribution in [0.3, 0.4) is 0 Å². The topological polar surface area (TPSA) is 116 Å². The summed E-state index contributed by atoms with van der Waals surface area (Å²) in [6, 6.07) is 4.17. The van der Waals surface area contributed by atoms with Gasteiger partial charge >= 0.3 is 5.97 Å². The van der Waals surface area contributed by atoms with E-state index in [0.29, 0.717) is 6.54 Å². The maximum absolute atomic E-state index is 12.0. The Kier molecular flexibility index (Phi) is 4.30. The Labute approximate surface area is 120 Å². The summed E-state index contributed by atoms with van der Waals surface area (Å²) < 4.78 is 4.62. The van der Waals surface area contributed by atoms with E-state index in [4.69, 9.17) is 5.53 Å². The summed E-state index contributed by atoms with van der Waals surface area (Å²) >= 11 is 0. The van der Waals surface area contributed by atoms with Crippen LogP contribution in [0.15, 0.2) is 23.3 Å². The molecule has 1 aliphatic rings. The van der Waals surface area contributed by atoms with Crippen LogP contribution in [0.4, 0.5) is 5.69 Å². The van der Waals surface area contributed by atoms with E-state index in [1.165, 1.54) is 30.2 Å². The van der Waals surface area contributed by atoms with E-state index in [1.54, 1.807) is 0 Å². The lowest BCUT2D eigenvalue weighted by atomic mass is 10.1. The zero-order valence-corrected chi connectivity index (χ0v) is 11.4. The molecule has 21 heavy (non-hydrogen) atoms. The second-order valence-corrected chi connectivity index (χ2v) is 4.68. The highest BCUT2D eigenvalue weighted by Gasteiger charge is 2.31. The van der Waals surface area contributed by atoms with E-state index in [2.05, 4.69) is 14.8 Å². The molecule has 0 bridgehead atoms. The molecule has 1 aromatic carbocycles. The Balaban J connectivity index is 2.27. The number of anilines is 1. The molecule has 1 unspecified atom stereocenters. The van der Waals surface area contributed by atoms with Crippen LogP contribution in [0.2, 0.25) is 0 Å². The van der Waals surface area contributed by atoms with E-state index >= 15 is 0 Å². The average Bonchev–Trinajstić information content (AvgIpc) is 2.85. The number of esters is 1. The molecule has 110 valence electrons. The van der Waals surface area contributed by atoms with Crippen LogP contribution in [-0.4, -0.2) is 37.2 Å². The van der Waals surface area contributed by atoms with E-state index in [0.717, 1.165) is 0 Å². The van der Waals surface area contributed by atoms with Gasteiger partial charge in [0.15, 0.2) is 0 Å². The third-order valence-electron chi connectivity index (χ3n) is 3.30. The van der Waals surface area contributed by atoms with Crippen LogP contribution in [0.5, 0.6) is 5.75 Å². The number of benzene rings is 1. The van der Waals surface area contributed by atoms with E-state index in [9.17, 15) is 14.7 Å². The Morgan fingerprint density at radius 2 is 2.38 bits per heavy atom. The van der Waals surface area contributed by atoms with Crippen molar-refractivity contribution in [3.8, 4) is 5.75 Å². The molecule has 0 radical (unpaired) electrons. The van der Waals surface area contributed by atoms with E-state index in [1.807, 2.05) is 0 Å². The van der Waals surface area contributed by atoms with Crippen molar-refractivity contribution in [1.82, 2.24) is 0 Å². The fourth-order valence-corrected chi connectivity index (χ4v) is 2.27. The summed E-state index contributed by atoms with van der Waals surface area (Å²) in [5, 5.41) is 13.4. The summed E-state index contributed by atoms with van der Waals surface area (Å²) in [4.78, 5) is 27.6. The number of carbonyl (C=O) groups is 2. The maximum Gasteiger partial charge on any atom is 0.337 e. The second-order valence-electron chi connectivity index (χ2n) is 4.68. The van der Waals surface area contributed by atoms with Crippen LogP contribution >= 0.6 is 0 Å². The fraction of sp³-hybridized carbons (Fsp3) is 0.385. The van der Waals surface area contributed by atoms with Gasteiger partial charge in [-0.1, -0.05) is 5.11 Å². The normalized spacial score (nSPS) is 17.5. The molecule has 1 fully saturated rings. The first-order valence-electron chi connectivity index (χ1n) is 6.29. The molecule has 8 nitrogen and oxygen atoms in total. The number of phenols is 1. The van der Waals surface area contributed by atoms with Gasteiger partial charge in [0.2, 0.25) is 5.91 Å². The first-order valence-corrected chi connectivity index (χ1v) is 6.29. The van der Waals surface area contributed by atoms with Gasteiger partial charge in [-0.3, -0.25) is 4.79 Å². The summed E-state index contributed by atoms with van der Waals surface area (Å²) in [6.45, 7) is 0.548. The maximum atomic E-state index is 12.0. The minimum atomic E-state index is -0.548. The molecule has 1 N–H and O–H groups in total. The number of phenolic OH excluding ortho intramolecular Hbond substituents is 1. The molecular formula is C13H14N4O4. The van der Waals surface area contributed by atoms with Crippen LogP contribution in [0, 0.1) is 5.92 Å². The lowest BCUT2D eigenvalue weighted by Crippen LogP contribution is -2.25. The smallest absolute Gasteiger partial charge is 0.337 e. The Hall–Kier alpha value is -2.73. The molecule has 0 spiro atoms. The number of hydrogen-bond acceptors (Lipinski definition) is 5. The summed E-state index contributed by atoms with van der Waals surface area (Å²) in [5.41, 5.74) is 8.82. The average molecular weight is 290 g/mol. The molecule has 1 aromatic rings. The number of aromatic hydroxyl groups is 1. The van der Waals surface area contributed by atoms with Gasteiger partial charge in [0, 0.05) is 24.4 Å². The minimum Gasteiger partial charge on any atom is -0.506 e. The second kappa shape index (κ2) is 6.15. The van der Waals surface area contributed by atoms with Crippen molar-refractivity contribution in [1.29, 1.82) is 0 Å². The molecule has 0 saturated carbocycles. The molecule has 1 atom stereocenters. The molecule has 1 saturated heterocycles. The SMILES string of the molecule is COC(=O)c1ccc(O)c(N2CC(CN=[N+]=[N-])CC2=O)c1. The Morgan fingerprint density at radius 1 is 1.62 bits per heavy atom. The molecule has 1 heterocycles. The van der Waals surface area contributed by atoms with Crippen molar-refractivity contribution in [2.75, 3.05) is 25.1 Å². The van der Waals surface area contributed by atoms with E-state index in [-0.39, 0.29) is 41.8 Å². The quantitative estimate of drug-likeness (QED) is 0.394. The summed E-state index contributed by atoms with van der Waals surface area (Å²) in [5.74, 6) is -0.936. The standard InChI is InChI=1S/C13H14N4O4/c1-21-13(20)9-2-3-11(18)10(5-9)17-7-8(4-12(17)19)6-15-16-14/h2-3,5,8,18H,4,6-7H2,1H3. The first kappa shape index (κ1) is 14.7. The van der Waals surface area contributed by atoms with Crippen molar-refractivity contribution < 1.29 is 19.4 Å². The first-order chi connectivity index (χ1) is 10.1. The lowest BCUT2D eigenvalue weighted by molar-refractivity contribution is -0.117. The number of ether oxygens (including phenoxy) is 1. The number of methoxy groups -OCH3 is 1. The largest absolute Gasteiger partial charge is 0.506 e. The van der Waals surface area contributed by atoms with Crippen LogP contribution in [0.1, 0.15) is 16.8 Å². The Morgan fingerprint density at radius 3 is 3.05 bits per heavy atom. The number of azide groups is 1. The third kappa shape index (κ3) is 3.06. The van der Waals surface area contributed by atoms with Crippen LogP contribution < -0.4 is 4.90 Å². The van der Waals surface area contributed by atoms with Crippen LogP contribution in [0.25, 0.3) is 10.4 Å². The highest BCUT2D eigenvalue weighted by Crippen LogP contribution is 2.33. The molecule has 8 heteroatoms. The summed E-state index contributed by atoms with van der Waals surface area (Å²) in [6.07, 6.45) is 0.237. The van der Waals surface area contributed by atoms with Crippen molar-refractivity contribution in [3.63, 3.8) is 0 Å². The minimum absolute atomic E-state index is 0.0968. The molecule has 0 aromatic heterocycles. The van der Waals surface area contributed by atoms with Crippen molar-refractivity contribution >= 4 is 17.6 Å².